The predicted octanol–water partition coefficient (Wildman–Crippen LogP) is 4.43. The van der Waals surface area contributed by atoms with E-state index in [1.807, 2.05) is 19.9 Å². The van der Waals surface area contributed by atoms with Crippen LogP contribution in [0.3, 0.4) is 0 Å². The molecule has 0 fully saturated rings. The second-order valence-corrected chi connectivity index (χ2v) is 13.9. The highest BCUT2D eigenvalue weighted by Crippen LogP contribution is 2.42. The van der Waals surface area contributed by atoms with Gasteiger partial charge in [-0.25, -0.2) is 4.79 Å². The average Bonchev–Trinajstić information content (AvgIpc) is 3.05. The first kappa shape index (κ1) is 38.9. The molecular formula is C37H45N5O10. The number of nitro benzene ring substituents is 1. The van der Waals surface area contributed by atoms with Crippen LogP contribution in [0.5, 0.6) is 23.0 Å². The molecule has 0 aromatic heterocycles. The molecule has 0 saturated carbocycles. The van der Waals surface area contributed by atoms with E-state index in [0.29, 0.717) is 5.56 Å². The number of hydrogen-bond acceptors (Lipinski definition) is 10. The molecule has 2 aliphatic heterocycles. The summed E-state index contributed by atoms with van der Waals surface area (Å²) in [6.45, 7) is 8.64. The Kier molecular flexibility index (Phi) is 12.7. The van der Waals surface area contributed by atoms with Crippen LogP contribution in [0.4, 0.5) is 10.5 Å². The molecule has 4 amide bonds. The van der Waals surface area contributed by atoms with Crippen LogP contribution in [-0.4, -0.2) is 64.7 Å². The quantitative estimate of drug-likeness (QED) is 0.155. The zero-order valence-corrected chi connectivity index (χ0v) is 30.0. The number of rotatable bonds is 9. The van der Waals surface area contributed by atoms with Gasteiger partial charge in [0.25, 0.3) is 0 Å². The number of benzene rings is 3. The van der Waals surface area contributed by atoms with E-state index in [1.165, 1.54) is 37.4 Å². The van der Waals surface area contributed by atoms with Crippen molar-refractivity contribution in [3.63, 3.8) is 0 Å². The standard InChI is InChI=1S/C37H45N5O10/c1-21(2)14-25(41-36(47)52-37(3,4)5)34(45)40-27-16-23-12-13-30(28(17-23)42(48)49)51-31-19-24(18-29(43)32(31)50-6)20-38-33(44)26(39-35(27)46)15-22-10-8-7-9-11-22/h7-13,17-19,21,25-27,43H,14-16,20H2,1-6H3,(H,38,44)(H,39,46)(H,40,45)(H,41,47)/t25-,26+,27-/m1/s1. The number of nitrogens with one attached hydrogen (secondary N) is 4. The summed E-state index contributed by atoms with van der Waals surface area (Å²) in [5.74, 6) is -2.69. The summed E-state index contributed by atoms with van der Waals surface area (Å²) in [6, 6.07) is 12.3. The average molecular weight is 720 g/mol. The molecule has 0 saturated heterocycles. The maximum Gasteiger partial charge on any atom is 0.408 e. The second kappa shape index (κ2) is 16.9. The van der Waals surface area contributed by atoms with Crippen LogP contribution in [0.15, 0.2) is 60.7 Å². The van der Waals surface area contributed by atoms with Crippen LogP contribution in [-0.2, 0) is 38.5 Å². The van der Waals surface area contributed by atoms with Gasteiger partial charge < -0.3 is 40.6 Å². The lowest BCUT2D eigenvalue weighted by molar-refractivity contribution is -0.385. The fraction of sp³-hybridized carbons (Fsp3) is 0.405. The van der Waals surface area contributed by atoms with E-state index in [-0.39, 0.29) is 60.3 Å². The highest BCUT2D eigenvalue weighted by Gasteiger charge is 2.32. The van der Waals surface area contributed by atoms with Gasteiger partial charge in [-0.1, -0.05) is 50.2 Å². The van der Waals surface area contributed by atoms with E-state index in [4.69, 9.17) is 14.2 Å². The maximum atomic E-state index is 14.1. The number of carbonyl (C=O) groups excluding carboxylic acids is 4. The van der Waals surface area contributed by atoms with Gasteiger partial charge in [0, 0.05) is 25.5 Å². The van der Waals surface area contributed by atoms with E-state index >= 15 is 0 Å². The Morgan fingerprint density at radius 3 is 2.38 bits per heavy atom. The van der Waals surface area contributed by atoms with Gasteiger partial charge in [-0.05, 0) is 68.0 Å². The minimum atomic E-state index is -1.35. The molecule has 4 bridgehead atoms. The number of ether oxygens (including phenoxy) is 3. The van der Waals surface area contributed by atoms with E-state index in [2.05, 4.69) is 21.3 Å². The number of nitro groups is 1. The monoisotopic (exact) mass is 719 g/mol. The Labute approximate surface area is 301 Å². The molecule has 2 aliphatic rings. The van der Waals surface area contributed by atoms with Crippen LogP contribution in [0.1, 0.15) is 57.7 Å². The van der Waals surface area contributed by atoms with Crippen LogP contribution in [0.25, 0.3) is 0 Å². The SMILES string of the molecule is COc1c(O)cc2cc1Oc1ccc(cc1[N+](=O)[O-])C[C@@H](NC(=O)[C@@H](CC(C)C)NC(=O)OC(C)(C)C)C(=O)N[C@@H](Cc1ccccc1)C(=O)NC2. The maximum absolute atomic E-state index is 14.1. The van der Waals surface area contributed by atoms with Gasteiger partial charge in [0.2, 0.25) is 29.2 Å². The Morgan fingerprint density at radius 2 is 1.75 bits per heavy atom. The number of phenols is 1. The number of aromatic hydroxyl groups is 1. The molecule has 0 unspecified atom stereocenters. The molecule has 15 nitrogen and oxygen atoms in total. The first-order valence-corrected chi connectivity index (χ1v) is 16.8. The Bertz CT molecular complexity index is 1790. The summed E-state index contributed by atoms with van der Waals surface area (Å²) in [5, 5.41) is 33.8. The van der Waals surface area contributed by atoms with Gasteiger partial charge in [0.05, 0.1) is 12.0 Å². The molecule has 2 heterocycles. The first-order chi connectivity index (χ1) is 24.5. The molecule has 3 atom stereocenters. The van der Waals surface area contributed by atoms with Gasteiger partial charge >= 0.3 is 11.8 Å². The number of amides is 4. The Hall–Kier alpha value is -5.86. The fourth-order valence-electron chi connectivity index (χ4n) is 5.58. The molecule has 278 valence electrons. The lowest BCUT2D eigenvalue weighted by Gasteiger charge is -2.27. The lowest BCUT2D eigenvalue weighted by atomic mass is 10.00. The largest absolute Gasteiger partial charge is 0.504 e. The number of phenolic OH excluding ortho intramolecular Hbond substituents is 1. The van der Waals surface area contributed by atoms with Crippen molar-refractivity contribution in [1.82, 2.24) is 21.3 Å². The topological polar surface area (TPSA) is 207 Å². The van der Waals surface area contributed by atoms with Crippen molar-refractivity contribution in [1.29, 1.82) is 0 Å². The van der Waals surface area contributed by atoms with Crippen molar-refractivity contribution >= 4 is 29.5 Å². The van der Waals surface area contributed by atoms with Crippen molar-refractivity contribution in [2.45, 2.75) is 84.2 Å². The predicted molar refractivity (Wildman–Crippen MR) is 190 cm³/mol. The number of hydrogen-bond donors (Lipinski definition) is 5. The first-order valence-electron chi connectivity index (χ1n) is 16.8. The molecule has 0 aliphatic carbocycles. The highest BCUT2D eigenvalue weighted by atomic mass is 16.6. The summed E-state index contributed by atoms with van der Waals surface area (Å²) in [5.41, 5.74) is 0.0941. The van der Waals surface area contributed by atoms with Crippen LogP contribution >= 0.6 is 0 Å². The third kappa shape index (κ3) is 10.8. The molecule has 15 heteroatoms. The summed E-state index contributed by atoms with van der Waals surface area (Å²) < 4.78 is 16.6. The van der Waals surface area contributed by atoms with E-state index in [9.17, 15) is 34.4 Å². The summed E-state index contributed by atoms with van der Waals surface area (Å²) >= 11 is 0. The summed E-state index contributed by atoms with van der Waals surface area (Å²) in [7, 11) is 1.30. The van der Waals surface area contributed by atoms with E-state index < -0.39 is 58.2 Å². The van der Waals surface area contributed by atoms with E-state index in [0.717, 1.165) is 5.56 Å². The van der Waals surface area contributed by atoms with Crippen molar-refractivity contribution in [3.05, 3.63) is 87.5 Å². The zero-order chi connectivity index (χ0) is 38.2. The number of carbonyl (C=O) groups is 4. The van der Waals surface area contributed by atoms with Crippen LogP contribution < -0.4 is 30.7 Å². The summed E-state index contributed by atoms with van der Waals surface area (Å²) in [4.78, 5) is 65.9. The van der Waals surface area contributed by atoms with Crippen molar-refractivity contribution in [2.24, 2.45) is 5.92 Å². The molecule has 5 rings (SSSR count). The molecule has 52 heavy (non-hydrogen) atoms. The second-order valence-electron chi connectivity index (χ2n) is 13.9. The zero-order valence-electron chi connectivity index (χ0n) is 30.0. The van der Waals surface area contributed by atoms with Gasteiger partial charge in [-0.3, -0.25) is 24.5 Å². The molecule has 0 spiro atoms. The van der Waals surface area contributed by atoms with Gasteiger partial charge in [0.1, 0.15) is 23.7 Å². The third-order valence-electron chi connectivity index (χ3n) is 7.91. The van der Waals surface area contributed by atoms with Crippen LogP contribution in [0, 0.1) is 16.0 Å². The third-order valence-corrected chi connectivity index (χ3v) is 7.91. The van der Waals surface area contributed by atoms with Gasteiger partial charge in [-0.2, -0.15) is 0 Å². The smallest absolute Gasteiger partial charge is 0.408 e. The molecule has 5 N–H and O–H groups in total. The Morgan fingerprint density at radius 1 is 1.04 bits per heavy atom. The van der Waals surface area contributed by atoms with E-state index in [1.54, 1.807) is 45.0 Å². The van der Waals surface area contributed by atoms with Crippen LogP contribution in [0.2, 0.25) is 0 Å². The minimum absolute atomic E-state index is 0.0392. The van der Waals surface area contributed by atoms with Gasteiger partial charge in [0.15, 0.2) is 11.5 Å². The Balaban J connectivity index is 1.77. The van der Waals surface area contributed by atoms with Crippen molar-refractivity contribution in [3.8, 4) is 23.0 Å². The normalized spacial score (nSPS) is 16.9. The number of fused-ring (bicyclic) bond motifs is 9. The summed E-state index contributed by atoms with van der Waals surface area (Å²) in [6.07, 6.45) is -0.776. The van der Waals surface area contributed by atoms with Crippen molar-refractivity contribution < 1.29 is 43.4 Å². The number of nitrogens with zero attached hydrogens (tertiary/aromatic N) is 1. The lowest BCUT2D eigenvalue weighted by Crippen LogP contribution is -2.58. The molecule has 3 aromatic rings. The highest BCUT2D eigenvalue weighted by molar-refractivity contribution is 5.94. The number of alkyl carbamates (subject to hydrolysis) is 1. The van der Waals surface area contributed by atoms with Gasteiger partial charge in [-0.15, -0.1) is 0 Å². The molecule has 3 aromatic carbocycles. The minimum Gasteiger partial charge on any atom is -0.504 e. The molecule has 0 radical (unpaired) electrons. The fourth-order valence-corrected chi connectivity index (χ4v) is 5.58. The number of methoxy groups -OCH3 is 1. The molecular weight excluding hydrogens is 674 g/mol. The van der Waals surface area contributed by atoms with Crippen molar-refractivity contribution in [2.75, 3.05) is 7.11 Å².